The Balaban J connectivity index is 2.57. The molecule has 6 heteroatoms. The molecule has 0 unspecified atom stereocenters. The van der Waals surface area contributed by atoms with Crippen molar-refractivity contribution < 1.29 is 14.7 Å². The first-order valence-electron chi connectivity index (χ1n) is 7.94. The Hall–Kier alpha value is -1.30. The molecule has 1 saturated carbocycles. The summed E-state index contributed by atoms with van der Waals surface area (Å²) in [4.78, 5) is 12.1. The van der Waals surface area contributed by atoms with E-state index < -0.39 is 5.54 Å². The summed E-state index contributed by atoms with van der Waals surface area (Å²) in [5, 5.41) is 15.1. The molecular weight excluding hydrogens is 270 g/mol. The van der Waals surface area contributed by atoms with Gasteiger partial charge in [-0.15, -0.1) is 0 Å². The highest BCUT2D eigenvalue weighted by Gasteiger charge is 2.40. The van der Waals surface area contributed by atoms with Gasteiger partial charge in [-0.25, -0.2) is 0 Å². The molecule has 0 radical (unpaired) electrons. The summed E-state index contributed by atoms with van der Waals surface area (Å²) in [6, 6.07) is 0. The Bertz CT molecular complexity index is 350. The monoisotopic (exact) mass is 299 g/mol. The topological polar surface area (TPSA) is 96.9 Å². The lowest BCUT2D eigenvalue weighted by molar-refractivity contribution is -0.123. The second-order valence-electron chi connectivity index (χ2n) is 5.83. The zero-order valence-electron chi connectivity index (χ0n) is 13.2. The van der Waals surface area contributed by atoms with Gasteiger partial charge >= 0.3 is 0 Å². The molecule has 0 aliphatic heterocycles. The number of amidine groups is 1. The van der Waals surface area contributed by atoms with Crippen LogP contribution >= 0.6 is 0 Å². The highest BCUT2D eigenvalue weighted by atomic mass is 16.5. The molecule has 0 atom stereocenters. The number of nitrogens with one attached hydrogen (secondary N) is 1. The Labute approximate surface area is 127 Å². The predicted molar refractivity (Wildman–Crippen MR) is 82.3 cm³/mol. The van der Waals surface area contributed by atoms with E-state index >= 15 is 0 Å². The molecule has 0 bridgehead atoms. The van der Waals surface area contributed by atoms with Crippen LogP contribution in [0.2, 0.25) is 0 Å². The average Bonchev–Trinajstić information content (AvgIpc) is 2.51. The van der Waals surface area contributed by atoms with Gasteiger partial charge in [0.25, 0.3) is 0 Å². The zero-order valence-corrected chi connectivity index (χ0v) is 13.2. The number of rotatable bonds is 8. The van der Waals surface area contributed by atoms with Crippen LogP contribution in [0.3, 0.4) is 0 Å². The smallest absolute Gasteiger partial charge is 0.223 e. The number of hydrogen-bond acceptors (Lipinski definition) is 4. The van der Waals surface area contributed by atoms with Crippen molar-refractivity contribution in [2.24, 2.45) is 16.8 Å². The Morgan fingerprint density at radius 3 is 2.57 bits per heavy atom. The summed E-state index contributed by atoms with van der Waals surface area (Å²) in [6.07, 6.45) is 5.79. The normalized spacial score (nSPS) is 26.6. The van der Waals surface area contributed by atoms with Crippen LogP contribution in [0.25, 0.3) is 0 Å². The summed E-state index contributed by atoms with van der Waals surface area (Å²) < 4.78 is 5.33. The van der Waals surface area contributed by atoms with Crippen LogP contribution < -0.4 is 11.1 Å². The maximum Gasteiger partial charge on any atom is 0.223 e. The molecule has 1 aliphatic rings. The fourth-order valence-corrected chi connectivity index (χ4v) is 2.86. The summed E-state index contributed by atoms with van der Waals surface area (Å²) in [5.74, 6) is 0.668. The summed E-state index contributed by atoms with van der Waals surface area (Å²) in [6.45, 7) is 5.27. The third-order valence-electron chi connectivity index (χ3n) is 4.33. The van der Waals surface area contributed by atoms with Crippen molar-refractivity contribution >= 4 is 11.7 Å². The molecule has 1 amide bonds. The summed E-state index contributed by atoms with van der Waals surface area (Å²) >= 11 is 0. The average molecular weight is 299 g/mol. The molecule has 1 aliphatic carbocycles. The minimum Gasteiger partial charge on any atom is -0.409 e. The van der Waals surface area contributed by atoms with Gasteiger partial charge in [0.15, 0.2) is 5.84 Å². The van der Waals surface area contributed by atoms with E-state index in [0.29, 0.717) is 25.6 Å². The molecule has 6 nitrogen and oxygen atoms in total. The van der Waals surface area contributed by atoms with Crippen molar-refractivity contribution in [3.8, 4) is 0 Å². The van der Waals surface area contributed by atoms with Gasteiger partial charge in [-0.05, 0) is 38.0 Å². The van der Waals surface area contributed by atoms with Crippen molar-refractivity contribution in [2.45, 2.75) is 64.3 Å². The van der Waals surface area contributed by atoms with Crippen molar-refractivity contribution in [1.82, 2.24) is 5.32 Å². The Kier molecular flexibility index (Phi) is 7.50. The van der Waals surface area contributed by atoms with E-state index in [9.17, 15) is 4.79 Å². The van der Waals surface area contributed by atoms with E-state index in [1.807, 2.05) is 6.92 Å². The van der Waals surface area contributed by atoms with Crippen molar-refractivity contribution in [3.63, 3.8) is 0 Å². The van der Waals surface area contributed by atoms with Crippen molar-refractivity contribution in [2.75, 3.05) is 13.2 Å². The van der Waals surface area contributed by atoms with Crippen molar-refractivity contribution in [3.05, 3.63) is 0 Å². The molecule has 0 aromatic rings. The van der Waals surface area contributed by atoms with Gasteiger partial charge in [0.2, 0.25) is 5.91 Å². The van der Waals surface area contributed by atoms with Gasteiger partial charge in [0.1, 0.15) is 5.54 Å². The number of nitrogens with zero attached hydrogens (tertiary/aromatic N) is 1. The molecule has 0 heterocycles. The van der Waals surface area contributed by atoms with Crippen LogP contribution in [0.5, 0.6) is 0 Å². The zero-order chi connectivity index (χ0) is 15.7. The minimum absolute atomic E-state index is 0.104. The summed E-state index contributed by atoms with van der Waals surface area (Å²) in [7, 11) is 0. The minimum atomic E-state index is -0.692. The van der Waals surface area contributed by atoms with E-state index in [1.165, 1.54) is 0 Å². The summed E-state index contributed by atoms with van der Waals surface area (Å²) in [5.41, 5.74) is 5.16. The molecule has 0 saturated heterocycles. The van der Waals surface area contributed by atoms with Crippen LogP contribution in [-0.4, -0.2) is 35.7 Å². The van der Waals surface area contributed by atoms with Gasteiger partial charge in [-0.2, -0.15) is 0 Å². The fraction of sp³-hybridized carbons (Fsp3) is 0.867. The standard InChI is InChI=1S/C15H29N3O3/c1-3-10-21-11-7-13(19)17-15(14(16)18-20)8-5-12(4-2)6-9-15/h12,20H,3-11H2,1-2H3,(H2,16,18)(H,17,19). The number of hydrogen-bond donors (Lipinski definition) is 3. The van der Waals surface area contributed by atoms with Gasteiger partial charge < -0.3 is 21.0 Å². The molecule has 0 aromatic carbocycles. The Morgan fingerprint density at radius 2 is 2.05 bits per heavy atom. The van der Waals surface area contributed by atoms with Crippen LogP contribution in [0, 0.1) is 5.92 Å². The van der Waals surface area contributed by atoms with E-state index in [2.05, 4.69) is 17.4 Å². The van der Waals surface area contributed by atoms with E-state index in [-0.39, 0.29) is 11.7 Å². The molecule has 1 fully saturated rings. The van der Waals surface area contributed by atoms with Gasteiger partial charge in [-0.3, -0.25) is 4.79 Å². The maximum atomic E-state index is 12.1. The van der Waals surface area contributed by atoms with Crippen LogP contribution in [-0.2, 0) is 9.53 Å². The molecule has 4 N–H and O–H groups in total. The van der Waals surface area contributed by atoms with E-state index in [1.54, 1.807) is 0 Å². The second-order valence-corrected chi connectivity index (χ2v) is 5.83. The second kappa shape index (κ2) is 8.87. The van der Waals surface area contributed by atoms with Crippen LogP contribution in [0.1, 0.15) is 58.8 Å². The lowest BCUT2D eigenvalue weighted by Crippen LogP contribution is -2.59. The third kappa shape index (κ3) is 5.19. The highest BCUT2D eigenvalue weighted by molar-refractivity contribution is 5.94. The number of carbonyl (C=O) groups excluding carboxylic acids is 1. The number of nitrogens with two attached hydrogens (primary N) is 1. The first-order chi connectivity index (χ1) is 10.1. The van der Waals surface area contributed by atoms with Crippen LogP contribution in [0.15, 0.2) is 5.16 Å². The molecule has 0 spiro atoms. The lowest BCUT2D eigenvalue weighted by atomic mass is 9.75. The molecule has 21 heavy (non-hydrogen) atoms. The lowest BCUT2D eigenvalue weighted by Gasteiger charge is -2.39. The molecule has 0 aromatic heterocycles. The molecule has 1 rings (SSSR count). The highest BCUT2D eigenvalue weighted by Crippen LogP contribution is 2.34. The predicted octanol–water partition coefficient (Wildman–Crippen LogP) is 2.00. The number of amides is 1. The molecular formula is C15H29N3O3. The van der Waals surface area contributed by atoms with Gasteiger partial charge in [0, 0.05) is 13.0 Å². The van der Waals surface area contributed by atoms with Gasteiger partial charge in [-0.1, -0.05) is 25.4 Å². The fourth-order valence-electron chi connectivity index (χ4n) is 2.86. The molecule has 122 valence electrons. The maximum absolute atomic E-state index is 12.1. The first kappa shape index (κ1) is 17.8. The number of carbonyl (C=O) groups is 1. The first-order valence-corrected chi connectivity index (χ1v) is 7.94. The SMILES string of the molecule is CCCOCCC(=O)NC1(C(N)=NO)CCC(CC)CC1. The largest absolute Gasteiger partial charge is 0.409 e. The van der Waals surface area contributed by atoms with Crippen molar-refractivity contribution in [1.29, 1.82) is 0 Å². The van der Waals surface area contributed by atoms with Gasteiger partial charge in [0.05, 0.1) is 6.61 Å². The third-order valence-corrected chi connectivity index (χ3v) is 4.33. The Morgan fingerprint density at radius 1 is 1.38 bits per heavy atom. The number of ether oxygens (including phenoxy) is 1. The quantitative estimate of drug-likeness (QED) is 0.210. The van der Waals surface area contributed by atoms with E-state index in [0.717, 1.165) is 38.5 Å². The van der Waals surface area contributed by atoms with E-state index in [4.69, 9.17) is 15.7 Å². The van der Waals surface area contributed by atoms with Crippen LogP contribution in [0.4, 0.5) is 0 Å². The number of oxime groups is 1.